The fraction of sp³-hybridized carbons (Fsp3) is 0.238. The number of carbonyl (C=O) groups excluding carboxylic acids is 1. The summed E-state index contributed by atoms with van der Waals surface area (Å²) in [6.07, 6.45) is 5.82. The predicted octanol–water partition coefficient (Wildman–Crippen LogP) is 4.82. The molecule has 1 saturated heterocycles. The summed E-state index contributed by atoms with van der Waals surface area (Å²) in [5, 5.41) is 3.68. The Bertz CT molecular complexity index is 1000. The molecule has 6 nitrogen and oxygen atoms in total. The highest BCUT2D eigenvalue weighted by atomic mass is 35.5. The zero-order chi connectivity index (χ0) is 21.0. The van der Waals surface area contributed by atoms with Crippen molar-refractivity contribution >= 4 is 47.1 Å². The van der Waals surface area contributed by atoms with Gasteiger partial charge in [-0.15, -0.1) is 11.8 Å². The van der Waals surface area contributed by atoms with Crippen LogP contribution in [-0.4, -0.2) is 34.4 Å². The number of halogens is 2. The third-order valence-corrected chi connectivity index (χ3v) is 6.36. The first-order chi connectivity index (χ1) is 14.6. The van der Waals surface area contributed by atoms with Crippen LogP contribution in [0.25, 0.3) is 0 Å². The average molecular weight is 464 g/mol. The van der Waals surface area contributed by atoms with Crippen LogP contribution in [0.15, 0.2) is 66.1 Å². The minimum absolute atomic E-state index is 0.127. The second-order valence-corrected chi connectivity index (χ2v) is 8.70. The maximum Gasteiger partial charge on any atom is 0.215 e. The number of amides is 1. The van der Waals surface area contributed by atoms with E-state index < -0.39 is 5.79 Å². The van der Waals surface area contributed by atoms with Crippen LogP contribution in [0.3, 0.4) is 0 Å². The molecule has 0 aliphatic carbocycles. The molecule has 2 heterocycles. The van der Waals surface area contributed by atoms with Crippen molar-refractivity contribution in [1.29, 1.82) is 0 Å². The second-order valence-electron chi connectivity index (χ2n) is 6.76. The first-order valence-corrected chi connectivity index (χ1v) is 11.0. The molecule has 30 heavy (non-hydrogen) atoms. The van der Waals surface area contributed by atoms with Crippen molar-refractivity contribution in [1.82, 2.24) is 9.55 Å². The molecule has 9 heteroatoms. The number of thioether (sulfide) groups is 1. The van der Waals surface area contributed by atoms with Crippen LogP contribution in [0, 0.1) is 0 Å². The molecule has 2 atom stereocenters. The van der Waals surface area contributed by atoms with Crippen LogP contribution in [0.4, 0.5) is 5.69 Å². The van der Waals surface area contributed by atoms with Crippen molar-refractivity contribution in [2.45, 2.75) is 23.3 Å². The molecule has 4 rings (SSSR count). The summed E-state index contributed by atoms with van der Waals surface area (Å²) in [6, 6.07) is 13.0. The van der Waals surface area contributed by atoms with Crippen LogP contribution in [0.2, 0.25) is 10.0 Å². The molecular weight excluding hydrogens is 445 g/mol. The van der Waals surface area contributed by atoms with E-state index in [0.29, 0.717) is 35.4 Å². The number of hydrogen-bond donors (Lipinski definition) is 1. The standard InChI is InChI=1S/C21H19Cl2N3O3S/c22-15-1-6-19(20(23)9-15)21(12-26-8-7-24-13-26)28-10-17(29-21)11-30-18-4-2-16(3-5-18)25-14-27/h1-9,13-14,17H,10-12H2,(H,25,27). The van der Waals surface area contributed by atoms with E-state index in [1.807, 2.05) is 41.1 Å². The molecule has 2 unspecified atom stereocenters. The quantitative estimate of drug-likeness (QED) is 0.383. The highest BCUT2D eigenvalue weighted by Gasteiger charge is 2.45. The third-order valence-electron chi connectivity index (χ3n) is 4.67. The maximum absolute atomic E-state index is 10.5. The molecule has 156 valence electrons. The summed E-state index contributed by atoms with van der Waals surface area (Å²) in [5.41, 5.74) is 1.49. The third kappa shape index (κ3) is 4.82. The molecule has 3 aromatic rings. The Morgan fingerprint density at radius 2 is 2.10 bits per heavy atom. The SMILES string of the molecule is O=CNc1ccc(SCC2COC(Cn3ccnc3)(c3ccc(Cl)cc3Cl)O2)cc1. The van der Waals surface area contributed by atoms with Crippen LogP contribution >= 0.6 is 35.0 Å². The van der Waals surface area contributed by atoms with Crippen LogP contribution in [-0.2, 0) is 26.6 Å². The predicted molar refractivity (Wildman–Crippen MR) is 118 cm³/mol. The largest absolute Gasteiger partial charge is 0.342 e. The smallest absolute Gasteiger partial charge is 0.215 e. The molecule has 1 N–H and O–H groups in total. The van der Waals surface area contributed by atoms with E-state index in [4.69, 9.17) is 32.7 Å². The highest BCUT2D eigenvalue weighted by Crippen LogP contribution is 2.41. The van der Waals surface area contributed by atoms with Gasteiger partial charge < -0.3 is 19.4 Å². The lowest BCUT2D eigenvalue weighted by Crippen LogP contribution is -2.34. The van der Waals surface area contributed by atoms with Gasteiger partial charge in [-0.25, -0.2) is 4.98 Å². The molecule has 1 amide bonds. The van der Waals surface area contributed by atoms with E-state index in [9.17, 15) is 4.79 Å². The number of benzene rings is 2. The molecule has 1 fully saturated rings. The Balaban J connectivity index is 1.49. The number of imidazole rings is 1. The fourth-order valence-corrected chi connectivity index (χ4v) is 4.70. The number of hydrogen-bond acceptors (Lipinski definition) is 5. The summed E-state index contributed by atoms with van der Waals surface area (Å²) >= 11 is 14.2. The topological polar surface area (TPSA) is 65.4 Å². The van der Waals surface area contributed by atoms with Gasteiger partial charge in [-0.1, -0.05) is 29.3 Å². The monoisotopic (exact) mass is 463 g/mol. The van der Waals surface area contributed by atoms with Gasteiger partial charge in [0.1, 0.15) is 0 Å². The number of rotatable bonds is 8. The summed E-state index contributed by atoms with van der Waals surface area (Å²) in [6.45, 7) is 0.854. The van der Waals surface area contributed by atoms with Gasteiger partial charge in [0, 0.05) is 39.3 Å². The first-order valence-electron chi connectivity index (χ1n) is 9.24. The number of carbonyl (C=O) groups is 1. The Kier molecular flexibility index (Phi) is 6.65. The van der Waals surface area contributed by atoms with E-state index in [-0.39, 0.29) is 6.10 Å². The lowest BCUT2D eigenvalue weighted by Gasteiger charge is -2.30. The molecule has 0 bridgehead atoms. The van der Waals surface area contributed by atoms with Gasteiger partial charge in [0.15, 0.2) is 0 Å². The first kappa shape index (κ1) is 21.2. The van der Waals surface area contributed by atoms with E-state index in [1.54, 1.807) is 36.4 Å². The minimum atomic E-state index is -1.02. The van der Waals surface area contributed by atoms with Crippen molar-refractivity contribution in [3.05, 3.63) is 76.8 Å². The van der Waals surface area contributed by atoms with Crippen LogP contribution < -0.4 is 5.32 Å². The number of aromatic nitrogens is 2. The lowest BCUT2D eigenvalue weighted by molar-refractivity contribution is -0.184. The Hall–Kier alpha value is -2.03. The van der Waals surface area contributed by atoms with Gasteiger partial charge in [0.05, 0.1) is 30.6 Å². The molecule has 1 aliphatic heterocycles. The summed E-state index contributed by atoms with van der Waals surface area (Å²) in [7, 11) is 0. The Morgan fingerprint density at radius 1 is 1.27 bits per heavy atom. The molecule has 0 radical (unpaired) electrons. The van der Waals surface area contributed by atoms with Crippen molar-refractivity contribution < 1.29 is 14.3 Å². The van der Waals surface area contributed by atoms with Gasteiger partial charge in [-0.3, -0.25) is 4.79 Å². The molecule has 0 spiro atoms. The van der Waals surface area contributed by atoms with Gasteiger partial charge in [0.2, 0.25) is 12.2 Å². The van der Waals surface area contributed by atoms with Crippen LogP contribution in [0.5, 0.6) is 0 Å². The normalized spacial score (nSPS) is 20.9. The Morgan fingerprint density at radius 3 is 2.80 bits per heavy atom. The molecular formula is C21H19Cl2N3O3S. The number of nitrogens with one attached hydrogen (secondary N) is 1. The number of nitrogens with zero attached hydrogens (tertiary/aromatic N) is 2. The number of ether oxygens (including phenoxy) is 2. The lowest BCUT2D eigenvalue weighted by atomic mass is 10.1. The van der Waals surface area contributed by atoms with E-state index in [2.05, 4.69) is 10.3 Å². The van der Waals surface area contributed by atoms with E-state index in [1.165, 1.54) is 0 Å². The van der Waals surface area contributed by atoms with Gasteiger partial charge in [-0.2, -0.15) is 0 Å². The molecule has 2 aromatic carbocycles. The fourth-order valence-electron chi connectivity index (χ4n) is 3.28. The zero-order valence-electron chi connectivity index (χ0n) is 15.8. The van der Waals surface area contributed by atoms with Crippen molar-refractivity contribution in [2.75, 3.05) is 17.7 Å². The highest BCUT2D eigenvalue weighted by molar-refractivity contribution is 7.99. The second kappa shape index (κ2) is 9.41. The van der Waals surface area contributed by atoms with Gasteiger partial charge in [-0.05, 0) is 36.4 Å². The molecule has 1 aliphatic rings. The zero-order valence-corrected chi connectivity index (χ0v) is 18.2. The van der Waals surface area contributed by atoms with Crippen molar-refractivity contribution in [3.8, 4) is 0 Å². The Labute approximate surface area is 188 Å². The van der Waals surface area contributed by atoms with Crippen molar-refractivity contribution in [3.63, 3.8) is 0 Å². The average Bonchev–Trinajstić information content (AvgIpc) is 3.38. The summed E-state index contributed by atoms with van der Waals surface area (Å²) in [5.74, 6) is -0.317. The minimum Gasteiger partial charge on any atom is -0.342 e. The summed E-state index contributed by atoms with van der Waals surface area (Å²) < 4.78 is 14.5. The molecule has 1 aromatic heterocycles. The van der Waals surface area contributed by atoms with Gasteiger partial charge >= 0.3 is 0 Å². The maximum atomic E-state index is 10.5. The van der Waals surface area contributed by atoms with Crippen LogP contribution in [0.1, 0.15) is 5.56 Å². The van der Waals surface area contributed by atoms with Gasteiger partial charge in [0.25, 0.3) is 0 Å². The molecule has 0 saturated carbocycles. The van der Waals surface area contributed by atoms with Crippen molar-refractivity contribution in [2.24, 2.45) is 0 Å². The summed E-state index contributed by atoms with van der Waals surface area (Å²) in [4.78, 5) is 15.7. The van der Waals surface area contributed by atoms with E-state index in [0.717, 1.165) is 16.1 Å². The van der Waals surface area contributed by atoms with E-state index >= 15 is 0 Å². The number of anilines is 1.